The molecule has 1 aliphatic carbocycles. The first-order valence-electron chi connectivity index (χ1n) is 8.32. The molecule has 23 heavy (non-hydrogen) atoms. The molecule has 6 heteroatoms. The first kappa shape index (κ1) is 15.8. The minimum absolute atomic E-state index is 0.0965. The number of hydrogen-bond donors (Lipinski definition) is 3. The van der Waals surface area contributed by atoms with Crippen LogP contribution in [0, 0.1) is 0 Å². The number of anilines is 2. The van der Waals surface area contributed by atoms with Gasteiger partial charge in [-0.3, -0.25) is 9.69 Å². The molecule has 1 heterocycles. The number of benzene rings is 1. The van der Waals surface area contributed by atoms with E-state index in [1.807, 2.05) is 25.1 Å². The van der Waals surface area contributed by atoms with Crippen LogP contribution < -0.4 is 21.3 Å². The summed E-state index contributed by atoms with van der Waals surface area (Å²) in [5.74, 6) is -0.127. The number of rotatable bonds is 3. The summed E-state index contributed by atoms with van der Waals surface area (Å²) in [6.45, 7) is 3.16. The Bertz CT molecular complexity index is 623. The zero-order valence-electron chi connectivity index (χ0n) is 13.5. The molecule has 2 aliphatic rings. The molecule has 3 amide bonds. The highest BCUT2D eigenvalue weighted by Gasteiger charge is 2.37. The molecule has 1 aliphatic heterocycles. The highest BCUT2D eigenvalue weighted by molar-refractivity contribution is 6.00. The fraction of sp³-hybridized carbons (Fsp3) is 0.529. The van der Waals surface area contributed by atoms with Gasteiger partial charge in [-0.25, -0.2) is 4.79 Å². The summed E-state index contributed by atoms with van der Waals surface area (Å²) in [7, 11) is 0. The average molecular weight is 316 g/mol. The van der Waals surface area contributed by atoms with Gasteiger partial charge >= 0.3 is 6.03 Å². The van der Waals surface area contributed by atoms with Gasteiger partial charge in [-0.15, -0.1) is 0 Å². The Morgan fingerprint density at radius 1 is 1.30 bits per heavy atom. The van der Waals surface area contributed by atoms with Crippen molar-refractivity contribution < 1.29 is 9.59 Å². The van der Waals surface area contributed by atoms with E-state index < -0.39 is 5.54 Å². The molecule has 1 fully saturated rings. The third kappa shape index (κ3) is 3.03. The monoisotopic (exact) mass is 316 g/mol. The molecule has 4 N–H and O–H groups in total. The Hall–Kier alpha value is -2.08. The number of amides is 3. The van der Waals surface area contributed by atoms with Crippen LogP contribution in [0.5, 0.6) is 0 Å². The Morgan fingerprint density at radius 3 is 2.74 bits per heavy atom. The van der Waals surface area contributed by atoms with E-state index in [1.54, 1.807) is 4.90 Å². The number of nitrogens with one attached hydrogen (secondary N) is 2. The minimum Gasteiger partial charge on any atom is -0.338 e. The lowest BCUT2D eigenvalue weighted by atomic mass is 9.98. The maximum Gasteiger partial charge on any atom is 0.321 e. The second-order valence-electron chi connectivity index (χ2n) is 6.40. The van der Waals surface area contributed by atoms with Gasteiger partial charge in [0.1, 0.15) is 0 Å². The quantitative estimate of drug-likeness (QED) is 0.797. The molecule has 124 valence electrons. The zero-order chi connectivity index (χ0) is 16.4. The van der Waals surface area contributed by atoms with E-state index in [9.17, 15) is 9.59 Å². The molecule has 0 saturated heterocycles. The van der Waals surface area contributed by atoms with E-state index >= 15 is 0 Å². The number of carbonyl (C=O) groups excluding carboxylic acids is 2. The van der Waals surface area contributed by atoms with E-state index in [2.05, 4.69) is 10.6 Å². The summed E-state index contributed by atoms with van der Waals surface area (Å²) >= 11 is 0. The third-order valence-electron chi connectivity index (χ3n) is 4.76. The zero-order valence-corrected chi connectivity index (χ0v) is 13.5. The molecular weight excluding hydrogens is 292 g/mol. The number of nitrogens with two attached hydrogens (primary N) is 1. The lowest BCUT2D eigenvalue weighted by molar-refractivity contribution is -0.121. The highest BCUT2D eigenvalue weighted by Crippen LogP contribution is 2.32. The minimum atomic E-state index is -0.752. The van der Waals surface area contributed by atoms with Crippen LogP contribution in [-0.4, -0.2) is 30.6 Å². The largest absolute Gasteiger partial charge is 0.338 e. The third-order valence-corrected chi connectivity index (χ3v) is 4.76. The first-order chi connectivity index (χ1) is 11.0. The van der Waals surface area contributed by atoms with E-state index in [0.29, 0.717) is 18.8 Å². The van der Waals surface area contributed by atoms with Gasteiger partial charge in [0.2, 0.25) is 5.91 Å². The summed E-state index contributed by atoms with van der Waals surface area (Å²) in [4.78, 5) is 26.3. The Balaban J connectivity index is 1.77. The van der Waals surface area contributed by atoms with Gasteiger partial charge in [0.05, 0.1) is 11.2 Å². The molecule has 0 unspecified atom stereocenters. The number of nitrogens with zero attached hydrogens (tertiary/aromatic N) is 1. The summed E-state index contributed by atoms with van der Waals surface area (Å²) < 4.78 is 0. The van der Waals surface area contributed by atoms with Crippen LogP contribution in [0.3, 0.4) is 0 Å². The highest BCUT2D eigenvalue weighted by atomic mass is 16.2. The van der Waals surface area contributed by atoms with Gasteiger partial charge in [-0.05, 0) is 43.9 Å². The van der Waals surface area contributed by atoms with Crippen molar-refractivity contribution in [3.8, 4) is 0 Å². The van der Waals surface area contributed by atoms with Crippen molar-refractivity contribution in [2.24, 2.45) is 5.73 Å². The molecule has 6 nitrogen and oxygen atoms in total. The second kappa shape index (κ2) is 6.20. The predicted octanol–water partition coefficient (Wildman–Crippen LogP) is 1.99. The molecule has 1 aromatic rings. The molecule has 0 atom stereocenters. The van der Waals surface area contributed by atoms with Crippen molar-refractivity contribution in [3.05, 3.63) is 23.8 Å². The molecule has 0 bridgehead atoms. The molecule has 1 aromatic carbocycles. The summed E-state index contributed by atoms with van der Waals surface area (Å²) in [5.41, 5.74) is 8.13. The van der Waals surface area contributed by atoms with Crippen molar-refractivity contribution in [3.63, 3.8) is 0 Å². The molecule has 0 radical (unpaired) electrons. The van der Waals surface area contributed by atoms with Crippen molar-refractivity contribution in [1.29, 1.82) is 0 Å². The van der Waals surface area contributed by atoms with Crippen LogP contribution in [0.15, 0.2) is 18.2 Å². The van der Waals surface area contributed by atoms with Gasteiger partial charge in [-0.1, -0.05) is 18.9 Å². The molecule has 1 saturated carbocycles. The lowest BCUT2D eigenvalue weighted by Gasteiger charge is -2.23. The maximum atomic E-state index is 12.4. The lowest BCUT2D eigenvalue weighted by Crippen LogP contribution is -2.48. The Morgan fingerprint density at radius 2 is 2.04 bits per heavy atom. The van der Waals surface area contributed by atoms with Crippen LogP contribution in [0.1, 0.15) is 38.2 Å². The van der Waals surface area contributed by atoms with Crippen LogP contribution in [-0.2, 0) is 11.2 Å². The van der Waals surface area contributed by atoms with Crippen molar-refractivity contribution in [2.45, 2.75) is 44.6 Å². The Labute approximate surface area is 136 Å². The van der Waals surface area contributed by atoms with E-state index in [0.717, 1.165) is 43.4 Å². The summed E-state index contributed by atoms with van der Waals surface area (Å²) in [6, 6.07) is 5.63. The standard InChI is InChI=1S/C17H24N4O2/c1-2-19-16(23)21-10-7-12-5-6-13(11-14(12)21)20-15(22)17(18)8-3-4-9-17/h5-6,11H,2-4,7-10,18H2,1H3,(H,19,23)(H,20,22). The van der Waals surface area contributed by atoms with Gasteiger partial charge in [0, 0.05) is 18.8 Å². The number of carbonyl (C=O) groups is 2. The summed E-state index contributed by atoms with van der Waals surface area (Å²) in [5, 5.41) is 5.74. The first-order valence-corrected chi connectivity index (χ1v) is 8.32. The molecule has 0 spiro atoms. The number of urea groups is 1. The van der Waals surface area contributed by atoms with Crippen molar-refractivity contribution in [2.75, 3.05) is 23.3 Å². The smallest absolute Gasteiger partial charge is 0.321 e. The van der Waals surface area contributed by atoms with Gasteiger partial charge < -0.3 is 16.4 Å². The fourth-order valence-corrected chi connectivity index (χ4v) is 3.40. The summed E-state index contributed by atoms with van der Waals surface area (Å²) in [6.07, 6.45) is 4.29. The van der Waals surface area contributed by atoms with Crippen molar-refractivity contribution >= 4 is 23.3 Å². The van der Waals surface area contributed by atoms with Gasteiger partial charge in [0.25, 0.3) is 0 Å². The van der Waals surface area contributed by atoms with Crippen LogP contribution in [0.25, 0.3) is 0 Å². The maximum absolute atomic E-state index is 12.4. The topological polar surface area (TPSA) is 87.5 Å². The molecule has 3 rings (SSSR count). The SMILES string of the molecule is CCNC(=O)N1CCc2ccc(NC(=O)C3(N)CCCC3)cc21. The Kier molecular flexibility index (Phi) is 4.26. The predicted molar refractivity (Wildman–Crippen MR) is 90.6 cm³/mol. The number of hydrogen-bond acceptors (Lipinski definition) is 3. The fourth-order valence-electron chi connectivity index (χ4n) is 3.40. The second-order valence-corrected chi connectivity index (χ2v) is 6.40. The van der Waals surface area contributed by atoms with E-state index in [1.165, 1.54) is 0 Å². The van der Waals surface area contributed by atoms with Crippen LogP contribution >= 0.6 is 0 Å². The number of fused-ring (bicyclic) bond motifs is 1. The van der Waals surface area contributed by atoms with E-state index in [-0.39, 0.29) is 11.9 Å². The molecule has 0 aromatic heterocycles. The molecular formula is C17H24N4O2. The van der Waals surface area contributed by atoms with Crippen LogP contribution in [0.2, 0.25) is 0 Å². The average Bonchev–Trinajstić information content (AvgIpc) is 3.14. The normalized spacial score (nSPS) is 18.6. The van der Waals surface area contributed by atoms with Gasteiger partial charge in [-0.2, -0.15) is 0 Å². The van der Waals surface area contributed by atoms with Crippen LogP contribution in [0.4, 0.5) is 16.2 Å². The van der Waals surface area contributed by atoms with E-state index in [4.69, 9.17) is 5.73 Å². The van der Waals surface area contributed by atoms with Crippen molar-refractivity contribution in [1.82, 2.24) is 5.32 Å². The van der Waals surface area contributed by atoms with Gasteiger partial charge in [0.15, 0.2) is 0 Å².